The van der Waals surface area contributed by atoms with E-state index < -0.39 is 0 Å². The fourth-order valence-electron chi connectivity index (χ4n) is 1.49. The number of nitrogens with one attached hydrogen (secondary N) is 2. The summed E-state index contributed by atoms with van der Waals surface area (Å²) in [6.07, 6.45) is 1.85. The number of aryl methyl sites for hydroxylation is 2. The lowest BCUT2D eigenvalue weighted by molar-refractivity contribution is 0.756. The smallest absolute Gasteiger partial charge is 0.233 e. The van der Waals surface area contributed by atoms with Gasteiger partial charge >= 0.3 is 0 Å². The highest BCUT2D eigenvalue weighted by Gasteiger charge is 2.08. The Morgan fingerprint density at radius 3 is 2.61 bits per heavy atom. The summed E-state index contributed by atoms with van der Waals surface area (Å²) in [7, 11) is 1.85. The molecule has 0 aliphatic heterocycles. The lowest BCUT2D eigenvalue weighted by Crippen LogP contribution is -2.06. The standard InChI is InChI=1S/C10H14ClN7/c1-4-12-9-14-8(11)15-10(16-9)13-7-5-18(3)17-6(7)2/h5H,4H2,1-3H3,(H2,12,13,14,15,16). The van der Waals surface area contributed by atoms with E-state index in [4.69, 9.17) is 11.6 Å². The van der Waals surface area contributed by atoms with Crippen LogP contribution in [0.4, 0.5) is 17.6 Å². The van der Waals surface area contributed by atoms with Crippen LogP contribution in [0.25, 0.3) is 0 Å². The molecular formula is C10H14ClN7. The molecule has 0 aromatic carbocycles. The average Bonchev–Trinajstić information content (AvgIpc) is 2.57. The number of halogens is 1. The quantitative estimate of drug-likeness (QED) is 0.878. The molecule has 0 bridgehead atoms. The monoisotopic (exact) mass is 267 g/mol. The van der Waals surface area contributed by atoms with Gasteiger partial charge in [-0.05, 0) is 25.4 Å². The molecule has 0 amide bonds. The molecule has 0 unspecified atom stereocenters. The van der Waals surface area contributed by atoms with Gasteiger partial charge in [-0.25, -0.2) is 0 Å². The van der Waals surface area contributed by atoms with Crippen molar-refractivity contribution in [2.24, 2.45) is 7.05 Å². The second-order valence-electron chi connectivity index (χ2n) is 3.71. The van der Waals surface area contributed by atoms with Crippen molar-refractivity contribution >= 4 is 29.2 Å². The van der Waals surface area contributed by atoms with E-state index in [1.54, 1.807) is 4.68 Å². The fraction of sp³-hybridized carbons (Fsp3) is 0.400. The highest BCUT2D eigenvalue weighted by atomic mass is 35.5. The molecule has 96 valence electrons. The van der Waals surface area contributed by atoms with E-state index in [1.165, 1.54) is 0 Å². The zero-order chi connectivity index (χ0) is 13.1. The minimum absolute atomic E-state index is 0.144. The van der Waals surface area contributed by atoms with Crippen molar-refractivity contribution in [1.82, 2.24) is 24.7 Å². The minimum atomic E-state index is 0.144. The van der Waals surface area contributed by atoms with Crippen molar-refractivity contribution in [3.05, 3.63) is 17.2 Å². The molecule has 0 aliphatic carbocycles. The second kappa shape index (κ2) is 5.18. The Balaban J connectivity index is 2.25. The van der Waals surface area contributed by atoms with E-state index in [9.17, 15) is 0 Å². The Morgan fingerprint density at radius 1 is 1.28 bits per heavy atom. The van der Waals surface area contributed by atoms with Crippen LogP contribution in [0.2, 0.25) is 5.28 Å². The van der Waals surface area contributed by atoms with Gasteiger partial charge in [0, 0.05) is 19.8 Å². The van der Waals surface area contributed by atoms with Crippen molar-refractivity contribution < 1.29 is 0 Å². The van der Waals surface area contributed by atoms with Crippen molar-refractivity contribution in [1.29, 1.82) is 0 Å². The molecule has 0 spiro atoms. The van der Waals surface area contributed by atoms with Crippen LogP contribution in [-0.4, -0.2) is 31.3 Å². The predicted octanol–water partition coefficient (Wildman–Crippen LogP) is 1.74. The Morgan fingerprint density at radius 2 is 2.00 bits per heavy atom. The first-order valence-corrected chi connectivity index (χ1v) is 5.89. The van der Waals surface area contributed by atoms with Crippen LogP contribution in [0, 0.1) is 6.92 Å². The number of anilines is 3. The van der Waals surface area contributed by atoms with Crippen LogP contribution in [0.15, 0.2) is 6.20 Å². The zero-order valence-corrected chi connectivity index (χ0v) is 11.2. The molecule has 8 heteroatoms. The summed E-state index contributed by atoms with van der Waals surface area (Å²) in [6, 6.07) is 0. The second-order valence-corrected chi connectivity index (χ2v) is 4.05. The molecule has 2 aromatic heterocycles. The Kier molecular flexibility index (Phi) is 3.61. The van der Waals surface area contributed by atoms with Crippen LogP contribution in [0.1, 0.15) is 12.6 Å². The molecule has 2 rings (SSSR count). The van der Waals surface area contributed by atoms with Gasteiger partial charge in [0.25, 0.3) is 0 Å². The maximum absolute atomic E-state index is 5.83. The topological polar surface area (TPSA) is 80.5 Å². The van der Waals surface area contributed by atoms with Crippen molar-refractivity contribution in [3.63, 3.8) is 0 Å². The molecular weight excluding hydrogens is 254 g/mol. The van der Waals surface area contributed by atoms with Gasteiger partial charge in [0.05, 0.1) is 11.4 Å². The van der Waals surface area contributed by atoms with Gasteiger partial charge < -0.3 is 10.6 Å². The van der Waals surface area contributed by atoms with Gasteiger partial charge in [0.2, 0.25) is 17.2 Å². The first-order chi connectivity index (χ1) is 8.58. The molecule has 2 aromatic rings. The van der Waals surface area contributed by atoms with E-state index in [-0.39, 0.29) is 5.28 Å². The fourth-order valence-corrected chi connectivity index (χ4v) is 1.65. The van der Waals surface area contributed by atoms with E-state index in [0.717, 1.165) is 11.4 Å². The third-order valence-corrected chi connectivity index (χ3v) is 2.37. The van der Waals surface area contributed by atoms with Crippen LogP contribution in [0.3, 0.4) is 0 Å². The molecule has 2 N–H and O–H groups in total. The van der Waals surface area contributed by atoms with Gasteiger partial charge in [-0.2, -0.15) is 20.1 Å². The van der Waals surface area contributed by atoms with E-state index >= 15 is 0 Å². The Hall–Kier alpha value is -1.89. The van der Waals surface area contributed by atoms with Crippen LogP contribution in [0.5, 0.6) is 0 Å². The Labute approximate surface area is 110 Å². The van der Waals surface area contributed by atoms with Gasteiger partial charge in [0.1, 0.15) is 0 Å². The highest BCUT2D eigenvalue weighted by molar-refractivity contribution is 6.28. The summed E-state index contributed by atoms with van der Waals surface area (Å²) in [5.74, 6) is 0.837. The van der Waals surface area contributed by atoms with Crippen LogP contribution >= 0.6 is 11.6 Å². The average molecular weight is 268 g/mol. The third-order valence-electron chi connectivity index (χ3n) is 2.20. The van der Waals surface area contributed by atoms with Crippen LogP contribution < -0.4 is 10.6 Å². The maximum atomic E-state index is 5.83. The van der Waals surface area contributed by atoms with Crippen molar-refractivity contribution in [3.8, 4) is 0 Å². The highest BCUT2D eigenvalue weighted by Crippen LogP contribution is 2.18. The van der Waals surface area contributed by atoms with Gasteiger partial charge in [-0.15, -0.1) is 0 Å². The number of hydrogen-bond acceptors (Lipinski definition) is 6. The lowest BCUT2D eigenvalue weighted by atomic mass is 10.4. The van der Waals surface area contributed by atoms with E-state index in [0.29, 0.717) is 18.4 Å². The summed E-state index contributed by atoms with van der Waals surface area (Å²) in [5, 5.41) is 10.4. The third kappa shape index (κ3) is 2.86. The minimum Gasteiger partial charge on any atom is -0.354 e. The summed E-state index contributed by atoms with van der Waals surface area (Å²) >= 11 is 5.83. The van der Waals surface area contributed by atoms with Crippen molar-refractivity contribution in [2.75, 3.05) is 17.2 Å². The van der Waals surface area contributed by atoms with Crippen LogP contribution in [-0.2, 0) is 7.05 Å². The number of aromatic nitrogens is 5. The number of nitrogens with zero attached hydrogens (tertiary/aromatic N) is 5. The molecule has 18 heavy (non-hydrogen) atoms. The molecule has 7 nitrogen and oxygen atoms in total. The lowest BCUT2D eigenvalue weighted by Gasteiger charge is -2.06. The SMILES string of the molecule is CCNc1nc(Cl)nc(Nc2cn(C)nc2C)n1. The maximum Gasteiger partial charge on any atom is 0.233 e. The number of rotatable bonds is 4. The molecule has 0 fully saturated rings. The molecule has 0 saturated heterocycles. The molecule has 0 radical (unpaired) electrons. The predicted molar refractivity (Wildman–Crippen MR) is 70.2 cm³/mol. The summed E-state index contributed by atoms with van der Waals surface area (Å²) in [4.78, 5) is 12.2. The Bertz CT molecular complexity index is 551. The zero-order valence-electron chi connectivity index (χ0n) is 10.4. The van der Waals surface area contributed by atoms with E-state index in [2.05, 4.69) is 30.7 Å². The normalized spacial score (nSPS) is 10.4. The largest absolute Gasteiger partial charge is 0.354 e. The number of hydrogen-bond donors (Lipinski definition) is 2. The summed E-state index contributed by atoms with van der Waals surface area (Å²) < 4.78 is 1.71. The van der Waals surface area contributed by atoms with Gasteiger partial charge in [0.15, 0.2) is 0 Å². The first-order valence-electron chi connectivity index (χ1n) is 5.51. The van der Waals surface area contributed by atoms with E-state index in [1.807, 2.05) is 27.1 Å². The van der Waals surface area contributed by atoms with Crippen molar-refractivity contribution in [2.45, 2.75) is 13.8 Å². The van der Waals surface area contributed by atoms with Gasteiger partial charge in [-0.3, -0.25) is 4.68 Å². The summed E-state index contributed by atoms with van der Waals surface area (Å²) in [5.41, 5.74) is 1.70. The molecule has 0 atom stereocenters. The van der Waals surface area contributed by atoms with Gasteiger partial charge in [-0.1, -0.05) is 0 Å². The molecule has 0 aliphatic rings. The summed E-state index contributed by atoms with van der Waals surface area (Å²) in [6.45, 7) is 4.57. The molecule has 0 saturated carbocycles. The first kappa shape index (κ1) is 12.6. The molecule has 2 heterocycles.